The van der Waals surface area contributed by atoms with Crippen LogP contribution in [-0.4, -0.2) is 26.5 Å². The SMILES string of the molecule is N#Cc1ccc(-n2cc(CCCCN)nn2)c([N+](=O)[O-])c1. The van der Waals surface area contributed by atoms with E-state index in [1.54, 1.807) is 6.20 Å². The van der Waals surface area contributed by atoms with Gasteiger partial charge in [-0.1, -0.05) is 5.21 Å². The van der Waals surface area contributed by atoms with Crippen LogP contribution in [0.15, 0.2) is 24.4 Å². The summed E-state index contributed by atoms with van der Waals surface area (Å²) in [5.41, 5.74) is 6.52. The number of nitriles is 1. The molecule has 0 unspecified atom stereocenters. The van der Waals surface area contributed by atoms with Gasteiger partial charge in [0.05, 0.1) is 28.4 Å². The highest BCUT2D eigenvalue weighted by Gasteiger charge is 2.17. The summed E-state index contributed by atoms with van der Waals surface area (Å²) >= 11 is 0. The highest BCUT2D eigenvalue weighted by Crippen LogP contribution is 2.23. The molecule has 0 aliphatic heterocycles. The monoisotopic (exact) mass is 286 g/mol. The van der Waals surface area contributed by atoms with Gasteiger partial charge in [0.1, 0.15) is 5.69 Å². The van der Waals surface area contributed by atoms with Crippen molar-refractivity contribution in [2.24, 2.45) is 5.73 Å². The zero-order chi connectivity index (χ0) is 15.2. The van der Waals surface area contributed by atoms with E-state index in [9.17, 15) is 10.1 Å². The lowest BCUT2D eigenvalue weighted by atomic mass is 10.2. The molecule has 2 N–H and O–H groups in total. The Balaban J connectivity index is 2.29. The molecule has 8 nitrogen and oxygen atoms in total. The van der Waals surface area contributed by atoms with Crippen LogP contribution in [0, 0.1) is 21.4 Å². The van der Waals surface area contributed by atoms with Gasteiger partial charge in [0.2, 0.25) is 0 Å². The lowest BCUT2D eigenvalue weighted by Crippen LogP contribution is -2.01. The molecule has 0 aliphatic rings. The fraction of sp³-hybridized carbons (Fsp3) is 0.308. The number of nitro benzene ring substituents is 1. The van der Waals surface area contributed by atoms with E-state index in [0.717, 1.165) is 25.0 Å². The molecule has 0 radical (unpaired) electrons. The number of nitrogens with two attached hydrogens (primary N) is 1. The van der Waals surface area contributed by atoms with E-state index in [4.69, 9.17) is 11.0 Å². The van der Waals surface area contributed by atoms with Crippen LogP contribution < -0.4 is 5.73 Å². The van der Waals surface area contributed by atoms with Crippen molar-refractivity contribution in [1.29, 1.82) is 5.26 Å². The number of nitrogens with zero attached hydrogens (tertiary/aromatic N) is 5. The molecule has 1 aromatic heterocycles. The van der Waals surface area contributed by atoms with Crippen LogP contribution in [0.4, 0.5) is 5.69 Å². The van der Waals surface area contributed by atoms with Crippen LogP contribution in [0.3, 0.4) is 0 Å². The molecule has 21 heavy (non-hydrogen) atoms. The molecule has 2 rings (SSSR count). The van der Waals surface area contributed by atoms with Crippen LogP contribution in [0.25, 0.3) is 5.69 Å². The van der Waals surface area contributed by atoms with Gasteiger partial charge in [-0.3, -0.25) is 10.1 Å². The average molecular weight is 286 g/mol. The Kier molecular flexibility index (Phi) is 4.58. The third-order valence-electron chi connectivity index (χ3n) is 2.98. The Hall–Kier alpha value is -2.79. The van der Waals surface area contributed by atoms with Crippen LogP contribution in [0.5, 0.6) is 0 Å². The van der Waals surface area contributed by atoms with Crippen LogP contribution in [-0.2, 0) is 6.42 Å². The first-order valence-corrected chi connectivity index (χ1v) is 6.46. The quantitative estimate of drug-likeness (QED) is 0.485. The number of rotatable bonds is 6. The van der Waals surface area contributed by atoms with Gasteiger partial charge in [0.15, 0.2) is 0 Å². The van der Waals surface area contributed by atoms with E-state index in [1.165, 1.54) is 22.9 Å². The summed E-state index contributed by atoms with van der Waals surface area (Å²) in [7, 11) is 0. The van der Waals surface area contributed by atoms with Gasteiger partial charge in [-0.2, -0.15) is 5.26 Å². The third kappa shape index (κ3) is 3.40. The van der Waals surface area contributed by atoms with Crippen molar-refractivity contribution in [3.63, 3.8) is 0 Å². The van der Waals surface area contributed by atoms with E-state index in [-0.39, 0.29) is 16.9 Å². The molecule has 1 heterocycles. The zero-order valence-electron chi connectivity index (χ0n) is 11.3. The number of nitro groups is 1. The molecule has 108 valence electrons. The number of aromatic nitrogens is 3. The summed E-state index contributed by atoms with van der Waals surface area (Å²) in [5, 5.41) is 27.8. The minimum Gasteiger partial charge on any atom is -0.330 e. The maximum Gasteiger partial charge on any atom is 0.296 e. The maximum atomic E-state index is 11.1. The van der Waals surface area contributed by atoms with E-state index in [2.05, 4.69) is 10.3 Å². The molecule has 0 bridgehead atoms. The first-order valence-electron chi connectivity index (χ1n) is 6.46. The van der Waals surface area contributed by atoms with Gasteiger partial charge in [0, 0.05) is 6.07 Å². The predicted octanol–water partition coefficient (Wildman–Crippen LogP) is 1.33. The second kappa shape index (κ2) is 6.58. The first kappa shape index (κ1) is 14.6. The number of aryl methyl sites for hydroxylation is 1. The standard InChI is InChI=1S/C13H14N6O2/c14-6-2-1-3-11-9-18(17-16-11)12-5-4-10(8-15)7-13(12)19(20)21/h4-5,7,9H,1-3,6,14H2. The van der Waals surface area contributed by atoms with Gasteiger partial charge >= 0.3 is 0 Å². The molecule has 0 saturated carbocycles. The van der Waals surface area contributed by atoms with Crippen molar-refractivity contribution in [3.05, 3.63) is 45.8 Å². The largest absolute Gasteiger partial charge is 0.330 e. The minimum atomic E-state index is -0.536. The van der Waals surface area contributed by atoms with Gasteiger partial charge in [0.25, 0.3) is 5.69 Å². The summed E-state index contributed by atoms with van der Waals surface area (Å²) in [4.78, 5) is 10.6. The van der Waals surface area contributed by atoms with Gasteiger partial charge in [-0.25, -0.2) is 4.68 Å². The van der Waals surface area contributed by atoms with Crippen LogP contribution >= 0.6 is 0 Å². The second-order valence-electron chi connectivity index (χ2n) is 4.47. The Morgan fingerprint density at radius 2 is 2.24 bits per heavy atom. The summed E-state index contributed by atoms with van der Waals surface area (Å²) in [5.74, 6) is 0. The van der Waals surface area contributed by atoms with Gasteiger partial charge in [-0.15, -0.1) is 5.10 Å². The molecular weight excluding hydrogens is 272 g/mol. The third-order valence-corrected chi connectivity index (χ3v) is 2.98. The Morgan fingerprint density at radius 1 is 1.43 bits per heavy atom. The second-order valence-corrected chi connectivity index (χ2v) is 4.47. The molecular formula is C13H14N6O2. The topological polar surface area (TPSA) is 124 Å². The van der Waals surface area contributed by atoms with Crippen molar-refractivity contribution < 1.29 is 4.92 Å². The number of hydrogen-bond acceptors (Lipinski definition) is 6. The predicted molar refractivity (Wildman–Crippen MR) is 74.7 cm³/mol. The molecule has 0 saturated heterocycles. The lowest BCUT2D eigenvalue weighted by Gasteiger charge is -2.01. The van der Waals surface area contributed by atoms with Gasteiger partial charge < -0.3 is 5.73 Å². The van der Waals surface area contributed by atoms with E-state index >= 15 is 0 Å². The smallest absolute Gasteiger partial charge is 0.296 e. The summed E-state index contributed by atoms with van der Waals surface area (Å²) in [6.45, 7) is 0.620. The van der Waals surface area contributed by atoms with Crippen molar-refractivity contribution in [1.82, 2.24) is 15.0 Å². The fourth-order valence-corrected chi connectivity index (χ4v) is 1.91. The number of hydrogen-bond donors (Lipinski definition) is 1. The fourth-order valence-electron chi connectivity index (χ4n) is 1.91. The highest BCUT2D eigenvalue weighted by molar-refractivity contribution is 5.55. The van der Waals surface area contributed by atoms with E-state index in [1.807, 2.05) is 6.07 Å². The Labute approximate surface area is 120 Å². The molecule has 0 atom stereocenters. The maximum absolute atomic E-state index is 11.1. The molecule has 0 aliphatic carbocycles. The lowest BCUT2D eigenvalue weighted by molar-refractivity contribution is -0.384. The highest BCUT2D eigenvalue weighted by atomic mass is 16.6. The molecule has 2 aromatic rings. The summed E-state index contributed by atoms with van der Waals surface area (Å²) in [6.07, 6.45) is 4.17. The average Bonchev–Trinajstić information content (AvgIpc) is 2.95. The van der Waals surface area contributed by atoms with Crippen molar-refractivity contribution in [3.8, 4) is 11.8 Å². The molecule has 0 amide bonds. The van der Waals surface area contributed by atoms with Crippen molar-refractivity contribution >= 4 is 5.69 Å². The van der Waals surface area contributed by atoms with Gasteiger partial charge in [-0.05, 0) is 37.9 Å². The Bertz CT molecular complexity index is 688. The van der Waals surface area contributed by atoms with Crippen LogP contribution in [0.2, 0.25) is 0 Å². The molecule has 0 spiro atoms. The zero-order valence-corrected chi connectivity index (χ0v) is 11.3. The van der Waals surface area contributed by atoms with E-state index in [0.29, 0.717) is 6.54 Å². The molecule has 0 fully saturated rings. The summed E-state index contributed by atoms with van der Waals surface area (Å²) in [6, 6.07) is 6.11. The first-order chi connectivity index (χ1) is 10.2. The molecule has 1 aromatic carbocycles. The van der Waals surface area contributed by atoms with Crippen molar-refractivity contribution in [2.45, 2.75) is 19.3 Å². The van der Waals surface area contributed by atoms with E-state index < -0.39 is 4.92 Å². The minimum absolute atomic E-state index is 0.174. The Morgan fingerprint density at radius 3 is 2.90 bits per heavy atom. The summed E-state index contributed by atoms with van der Waals surface area (Å²) < 4.78 is 1.36. The normalized spacial score (nSPS) is 10.3. The molecule has 8 heteroatoms. The number of benzene rings is 1. The van der Waals surface area contributed by atoms with Crippen LogP contribution in [0.1, 0.15) is 24.1 Å². The number of unbranched alkanes of at least 4 members (excludes halogenated alkanes) is 1. The van der Waals surface area contributed by atoms with Crippen molar-refractivity contribution in [2.75, 3.05) is 6.54 Å².